The van der Waals surface area contributed by atoms with Crippen molar-refractivity contribution in [3.05, 3.63) is 5.82 Å². The third-order valence-electron chi connectivity index (χ3n) is 1.92. The van der Waals surface area contributed by atoms with Gasteiger partial charge in [-0.05, 0) is 19.1 Å². The summed E-state index contributed by atoms with van der Waals surface area (Å²) in [6.07, 6.45) is 0. The molecule has 1 heterocycles. The second-order valence-corrected chi connectivity index (χ2v) is 3.11. The Morgan fingerprint density at radius 2 is 2.47 bits per heavy atom. The Kier molecular flexibility index (Phi) is 3.74. The Labute approximate surface area is 87.1 Å². The number of amides is 1. The first-order chi connectivity index (χ1) is 7.19. The number of H-pyrrole nitrogens is 1. The van der Waals surface area contributed by atoms with Gasteiger partial charge in [-0.15, -0.1) is 10.2 Å². The fraction of sp³-hybridized carbons (Fsp3) is 0.625. The molecule has 7 heteroatoms. The third-order valence-corrected chi connectivity index (χ3v) is 1.92. The fourth-order valence-corrected chi connectivity index (χ4v) is 1.12. The molecule has 0 saturated heterocycles. The van der Waals surface area contributed by atoms with Crippen molar-refractivity contribution in [2.24, 2.45) is 5.92 Å². The molecule has 1 N–H and O–H groups in total. The number of rotatable bonds is 4. The van der Waals surface area contributed by atoms with Crippen molar-refractivity contribution in [2.75, 3.05) is 13.1 Å². The van der Waals surface area contributed by atoms with Crippen LogP contribution in [0, 0.1) is 17.2 Å². The Hall–Kier alpha value is -1.97. The zero-order valence-corrected chi connectivity index (χ0v) is 8.64. The molecule has 80 valence electrons. The summed E-state index contributed by atoms with van der Waals surface area (Å²) in [6.45, 7) is 4.48. The van der Waals surface area contributed by atoms with Crippen molar-refractivity contribution in [2.45, 2.75) is 13.8 Å². The zero-order chi connectivity index (χ0) is 11.3. The van der Waals surface area contributed by atoms with Crippen LogP contribution in [-0.4, -0.2) is 44.5 Å². The molecule has 0 radical (unpaired) electrons. The first-order valence-corrected chi connectivity index (χ1v) is 4.61. The highest BCUT2D eigenvalue weighted by Crippen LogP contribution is 2.02. The molecule has 7 nitrogen and oxygen atoms in total. The maximum Gasteiger partial charge on any atom is 0.295 e. The molecule has 0 spiro atoms. The molecule has 15 heavy (non-hydrogen) atoms. The van der Waals surface area contributed by atoms with E-state index in [0.29, 0.717) is 13.1 Å². The summed E-state index contributed by atoms with van der Waals surface area (Å²) < 4.78 is 0. The van der Waals surface area contributed by atoms with Crippen molar-refractivity contribution in [1.82, 2.24) is 25.5 Å². The maximum atomic E-state index is 11.7. The number of nitrogens with one attached hydrogen (secondary N) is 1. The summed E-state index contributed by atoms with van der Waals surface area (Å²) in [5.41, 5.74) is 0. The molecule has 0 aliphatic carbocycles. The van der Waals surface area contributed by atoms with Crippen molar-refractivity contribution in [3.8, 4) is 6.07 Å². The van der Waals surface area contributed by atoms with Gasteiger partial charge in [-0.2, -0.15) is 10.5 Å². The lowest BCUT2D eigenvalue weighted by atomic mass is 10.2. The van der Waals surface area contributed by atoms with Gasteiger partial charge in [0.05, 0.1) is 12.0 Å². The van der Waals surface area contributed by atoms with E-state index in [1.54, 1.807) is 6.92 Å². The average Bonchev–Trinajstić information content (AvgIpc) is 2.77. The summed E-state index contributed by atoms with van der Waals surface area (Å²) in [5, 5.41) is 21.4. The van der Waals surface area contributed by atoms with E-state index < -0.39 is 0 Å². The smallest absolute Gasteiger partial charge is 0.295 e. The van der Waals surface area contributed by atoms with Gasteiger partial charge in [-0.3, -0.25) is 4.79 Å². The Morgan fingerprint density at radius 3 is 2.93 bits per heavy atom. The molecule has 1 aromatic heterocycles. The highest BCUT2D eigenvalue weighted by Gasteiger charge is 2.19. The summed E-state index contributed by atoms with van der Waals surface area (Å²) in [6, 6.07) is 2.07. The normalized spacial score (nSPS) is 11.8. The number of nitriles is 1. The Morgan fingerprint density at radius 1 is 1.73 bits per heavy atom. The van der Waals surface area contributed by atoms with E-state index in [4.69, 9.17) is 5.26 Å². The zero-order valence-electron chi connectivity index (χ0n) is 8.64. The molecule has 0 aliphatic heterocycles. The lowest BCUT2D eigenvalue weighted by Crippen LogP contribution is -2.35. The number of hydrogen-bond donors (Lipinski definition) is 1. The van der Waals surface area contributed by atoms with E-state index >= 15 is 0 Å². The van der Waals surface area contributed by atoms with Crippen LogP contribution in [0.4, 0.5) is 0 Å². The van der Waals surface area contributed by atoms with Crippen LogP contribution in [0.1, 0.15) is 24.5 Å². The highest BCUT2D eigenvalue weighted by molar-refractivity contribution is 5.90. The predicted octanol–water partition coefficient (Wildman–Crippen LogP) is -0.179. The number of carbonyl (C=O) groups excluding carboxylic acids is 1. The van der Waals surface area contributed by atoms with Gasteiger partial charge < -0.3 is 4.90 Å². The molecule has 0 aliphatic rings. The van der Waals surface area contributed by atoms with Gasteiger partial charge in [0.25, 0.3) is 11.7 Å². The van der Waals surface area contributed by atoms with Crippen molar-refractivity contribution in [3.63, 3.8) is 0 Å². The second-order valence-electron chi connectivity index (χ2n) is 3.11. The van der Waals surface area contributed by atoms with E-state index in [2.05, 4.69) is 26.7 Å². The van der Waals surface area contributed by atoms with Crippen molar-refractivity contribution >= 4 is 5.91 Å². The van der Waals surface area contributed by atoms with E-state index in [0.717, 1.165) is 0 Å². The molecule has 1 amide bonds. The van der Waals surface area contributed by atoms with Crippen LogP contribution < -0.4 is 0 Å². The van der Waals surface area contributed by atoms with E-state index in [1.807, 2.05) is 6.92 Å². The molecular formula is C8H12N6O. The third kappa shape index (κ3) is 2.74. The second kappa shape index (κ2) is 5.05. The van der Waals surface area contributed by atoms with E-state index in [1.165, 1.54) is 4.90 Å². The molecule has 1 unspecified atom stereocenters. The number of aromatic nitrogens is 4. The molecular weight excluding hydrogens is 196 g/mol. The van der Waals surface area contributed by atoms with Crippen LogP contribution in [0.15, 0.2) is 0 Å². The average molecular weight is 208 g/mol. The van der Waals surface area contributed by atoms with Crippen molar-refractivity contribution in [1.29, 1.82) is 5.26 Å². The molecule has 0 aromatic carbocycles. The standard InChI is InChI=1S/C8H12N6O/c1-3-14(5-6(2)4-9)8(15)7-10-12-13-11-7/h6H,3,5H2,1-2H3,(H,10,11,12,13). The maximum absolute atomic E-state index is 11.7. The minimum absolute atomic E-state index is 0.0296. The Bertz CT molecular complexity index is 354. The van der Waals surface area contributed by atoms with Gasteiger partial charge >= 0.3 is 0 Å². The van der Waals surface area contributed by atoms with Crippen LogP contribution in [0.3, 0.4) is 0 Å². The first kappa shape index (κ1) is 11.1. The minimum Gasteiger partial charge on any atom is -0.335 e. The molecule has 0 saturated carbocycles. The van der Waals surface area contributed by atoms with Gasteiger partial charge in [0, 0.05) is 13.1 Å². The van der Waals surface area contributed by atoms with Crippen LogP contribution >= 0.6 is 0 Å². The van der Waals surface area contributed by atoms with Gasteiger partial charge in [0.1, 0.15) is 0 Å². The number of hydrogen-bond acceptors (Lipinski definition) is 5. The largest absolute Gasteiger partial charge is 0.335 e. The number of aromatic amines is 1. The lowest BCUT2D eigenvalue weighted by molar-refractivity contribution is 0.0740. The van der Waals surface area contributed by atoms with Crippen LogP contribution in [0.25, 0.3) is 0 Å². The van der Waals surface area contributed by atoms with Crippen molar-refractivity contribution < 1.29 is 4.79 Å². The molecule has 1 aromatic rings. The van der Waals surface area contributed by atoms with Crippen LogP contribution in [0.2, 0.25) is 0 Å². The van der Waals surface area contributed by atoms with E-state index in [9.17, 15) is 4.79 Å². The van der Waals surface area contributed by atoms with Crippen LogP contribution in [-0.2, 0) is 0 Å². The monoisotopic (exact) mass is 208 g/mol. The first-order valence-electron chi connectivity index (χ1n) is 4.61. The fourth-order valence-electron chi connectivity index (χ4n) is 1.12. The summed E-state index contributed by atoms with van der Waals surface area (Å²) in [7, 11) is 0. The molecule has 1 rings (SSSR count). The van der Waals surface area contributed by atoms with Gasteiger partial charge in [-0.1, -0.05) is 0 Å². The number of carbonyl (C=O) groups is 1. The van der Waals surface area contributed by atoms with Gasteiger partial charge in [-0.25, -0.2) is 0 Å². The quantitative estimate of drug-likeness (QED) is 0.740. The molecule has 0 bridgehead atoms. The van der Waals surface area contributed by atoms with E-state index in [-0.39, 0.29) is 17.6 Å². The minimum atomic E-state index is -0.312. The molecule has 1 atom stereocenters. The SMILES string of the molecule is CCN(CC(C)C#N)C(=O)c1nn[nH]n1. The van der Waals surface area contributed by atoms with Gasteiger partial charge in [0.2, 0.25) is 0 Å². The molecule has 0 fully saturated rings. The predicted molar refractivity (Wildman–Crippen MR) is 50.5 cm³/mol. The topological polar surface area (TPSA) is 98.6 Å². The Balaban J connectivity index is 2.68. The lowest BCUT2D eigenvalue weighted by Gasteiger charge is -2.19. The number of tetrazole rings is 1. The van der Waals surface area contributed by atoms with Gasteiger partial charge in [0.15, 0.2) is 0 Å². The number of nitrogens with zero attached hydrogens (tertiary/aromatic N) is 5. The summed E-state index contributed by atoms with van der Waals surface area (Å²) in [5.74, 6) is -0.490. The summed E-state index contributed by atoms with van der Waals surface area (Å²) >= 11 is 0. The highest BCUT2D eigenvalue weighted by atomic mass is 16.2. The van der Waals surface area contributed by atoms with Crippen LogP contribution in [0.5, 0.6) is 0 Å². The summed E-state index contributed by atoms with van der Waals surface area (Å²) in [4.78, 5) is 13.2.